The lowest BCUT2D eigenvalue weighted by Gasteiger charge is -2.43. The van der Waals surface area contributed by atoms with E-state index in [2.05, 4.69) is 6.92 Å². The second-order valence-electron chi connectivity index (χ2n) is 8.41. The topological polar surface area (TPSA) is 49.9 Å². The van der Waals surface area contributed by atoms with Crippen molar-refractivity contribution in [3.8, 4) is 0 Å². The van der Waals surface area contributed by atoms with E-state index in [0.29, 0.717) is 18.9 Å². The Morgan fingerprint density at radius 1 is 1.11 bits per heavy atom. The van der Waals surface area contributed by atoms with Crippen molar-refractivity contribution in [3.05, 3.63) is 35.9 Å². The van der Waals surface area contributed by atoms with E-state index >= 15 is 0 Å². The van der Waals surface area contributed by atoms with E-state index in [0.717, 1.165) is 57.2 Å². The van der Waals surface area contributed by atoms with Gasteiger partial charge in [-0.3, -0.25) is 14.5 Å². The molecule has 1 spiro atoms. The minimum atomic E-state index is -0.585. The van der Waals surface area contributed by atoms with Gasteiger partial charge in [0.05, 0.1) is 13.0 Å². The number of nitrogens with zero attached hydrogens (tertiary/aromatic N) is 2. The van der Waals surface area contributed by atoms with Crippen LogP contribution in [0.4, 0.5) is 0 Å². The fraction of sp³-hybridized carbons (Fsp3) is 0.636. The lowest BCUT2D eigenvalue weighted by atomic mass is 9.83. The van der Waals surface area contributed by atoms with E-state index in [9.17, 15) is 9.59 Å². The quantitative estimate of drug-likeness (QED) is 0.822. The van der Waals surface area contributed by atoms with Gasteiger partial charge in [0.1, 0.15) is 11.8 Å². The monoisotopic (exact) mass is 370 g/mol. The van der Waals surface area contributed by atoms with E-state index in [-0.39, 0.29) is 11.8 Å². The van der Waals surface area contributed by atoms with Crippen LogP contribution in [0.2, 0.25) is 0 Å². The van der Waals surface area contributed by atoms with Crippen molar-refractivity contribution in [2.75, 3.05) is 19.7 Å². The Kier molecular flexibility index (Phi) is 5.22. The highest BCUT2D eigenvalue weighted by Crippen LogP contribution is 2.43. The number of likely N-dealkylation sites (tertiary alicyclic amines) is 1. The van der Waals surface area contributed by atoms with E-state index in [1.54, 1.807) is 0 Å². The van der Waals surface area contributed by atoms with Gasteiger partial charge in [-0.15, -0.1) is 0 Å². The van der Waals surface area contributed by atoms with Crippen LogP contribution in [0.25, 0.3) is 0 Å². The van der Waals surface area contributed by atoms with Crippen molar-refractivity contribution in [1.82, 2.24) is 9.80 Å². The number of amides is 2. The molecule has 3 fully saturated rings. The van der Waals surface area contributed by atoms with E-state index in [1.165, 1.54) is 0 Å². The maximum Gasteiger partial charge on any atom is 0.247 e. The van der Waals surface area contributed by atoms with Gasteiger partial charge in [-0.2, -0.15) is 0 Å². The summed E-state index contributed by atoms with van der Waals surface area (Å²) in [6, 6.07) is 9.34. The minimum Gasteiger partial charge on any atom is -0.353 e. The van der Waals surface area contributed by atoms with E-state index < -0.39 is 11.8 Å². The molecule has 2 amide bonds. The second-order valence-corrected chi connectivity index (χ2v) is 8.41. The Hall–Kier alpha value is -1.88. The first-order valence-corrected chi connectivity index (χ1v) is 10.4. The summed E-state index contributed by atoms with van der Waals surface area (Å²) in [5.41, 5.74) is 0.402. The molecule has 4 rings (SSSR count). The average Bonchev–Trinajstić information content (AvgIpc) is 3.33. The summed E-state index contributed by atoms with van der Waals surface area (Å²) in [5, 5.41) is 0. The molecule has 2 aliphatic heterocycles. The first kappa shape index (κ1) is 18.5. The molecule has 5 heteroatoms. The molecular formula is C22H30N2O3. The maximum atomic E-state index is 13.4. The lowest BCUT2D eigenvalue weighted by molar-refractivity contribution is -0.162. The molecule has 27 heavy (non-hydrogen) atoms. The van der Waals surface area contributed by atoms with E-state index in [4.69, 9.17) is 4.74 Å². The van der Waals surface area contributed by atoms with Gasteiger partial charge in [0.2, 0.25) is 11.8 Å². The summed E-state index contributed by atoms with van der Waals surface area (Å²) in [6.07, 6.45) is 6.18. The Bertz CT molecular complexity index is 676. The zero-order chi connectivity index (χ0) is 18.9. The number of ether oxygens (including phenoxy) is 1. The summed E-state index contributed by atoms with van der Waals surface area (Å²) in [4.78, 5) is 30.3. The summed E-state index contributed by atoms with van der Waals surface area (Å²) >= 11 is 0. The van der Waals surface area contributed by atoms with Gasteiger partial charge in [0, 0.05) is 13.1 Å². The number of rotatable bonds is 3. The molecule has 1 aromatic carbocycles. The predicted molar refractivity (Wildman–Crippen MR) is 103 cm³/mol. The highest BCUT2D eigenvalue weighted by atomic mass is 16.5. The number of hydrogen-bond donors (Lipinski definition) is 0. The zero-order valence-electron chi connectivity index (χ0n) is 16.2. The van der Waals surface area contributed by atoms with Gasteiger partial charge < -0.3 is 9.64 Å². The third-order valence-corrected chi connectivity index (χ3v) is 6.49. The summed E-state index contributed by atoms with van der Waals surface area (Å²) in [5.74, 6) is 0.744. The SMILES string of the molecule is CC1CCC2(CC1)OCC(C(=O)N1CCCC1)N2C(=O)Cc1ccccc1. The molecule has 1 unspecified atom stereocenters. The van der Waals surface area contributed by atoms with Gasteiger partial charge in [-0.1, -0.05) is 37.3 Å². The van der Waals surface area contributed by atoms with Gasteiger partial charge in [-0.05, 0) is 50.0 Å². The molecule has 1 saturated carbocycles. The molecule has 5 nitrogen and oxygen atoms in total. The van der Waals surface area contributed by atoms with Crippen molar-refractivity contribution in [2.24, 2.45) is 5.92 Å². The Labute approximate surface area is 161 Å². The summed E-state index contributed by atoms with van der Waals surface area (Å²) in [6.45, 7) is 4.20. The molecule has 1 aliphatic carbocycles. The van der Waals surface area contributed by atoms with Crippen LogP contribution in [0, 0.1) is 5.92 Å². The molecule has 0 aromatic heterocycles. The maximum absolute atomic E-state index is 13.4. The van der Waals surface area contributed by atoms with Crippen LogP contribution in [0.15, 0.2) is 30.3 Å². The van der Waals surface area contributed by atoms with Crippen LogP contribution < -0.4 is 0 Å². The molecule has 2 heterocycles. The van der Waals surface area contributed by atoms with Crippen LogP contribution in [-0.4, -0.2) is 53.1 Å². The highest BCUT2D eigenvalue weighted by Gasteiger charge is 2.54. The Balaban J connectivity index is 1.59. The fourth-order valence-corrected chi connectivity index (χ4v) is 4.85. The number of hydrogen-bond acceptors (Lipinski definition) is 3. The van der Waals surface area contributed by atoms with Crippen molar-refractivity contribution in [3.63, 3.8) is 0 Å². The third kappa shape index (κ3) is 3.62. The number of carbonyl (C=O) groups is 2. The number of carbonyl (C=O) groups excluding carboxylic acids is 2. The Morgan fingerprint density at radius 3 is 2.44 bits per heavy atom. The van der Waals surface area contributed by atoms with Crippen LogP contribution >= 0.6 is 0 Å². The summed E-state index contributed by atoms with van der Waals surface area (Å²) in [7, 11) is 0. The molecule has 0 N–H and O–H groups in total. The van der Waals surface area contributed by atoms with Gasteiger partial charge in [0.15, 0.2) is 0 Å². The van der Waals surface area contributed by atoms with Crippen molar-refractivity contribution in [2.45, 2.75) is 63.6 Å². The first-order chi connectivity index (χ1) is 13.1. The second kappa shape index (κ2) is 7.63. The molecule has 1 aromatic rings. The van der Waals surface area contributed by atoms with Crippen LogP contribution in [0.1, 0.15) is 51.0 Å². The Morgan fingerprint density at radius 2 is 1.78 bits per heavy atom. The summed E-state index contributed by atoms with van der Waals surface area (Å²) < 4.78 is 6.25. The largest absolute Gasteiger partial charge is 0.353 e. The minimum absolute atomic E-state index is 0.0193. The smallest absolute Gasteiger partial charge is 0.247 e. The molecular weight excluding hydrogens is 340 g/mol. The lowest BCUT2D eigenvalue weighted by Crippen LogP contribution is -2.57. The molecule has 146 valence electrons. The molecule has 2 saturated heterocycles. The highest BCUT2D eigenvalue weighted by molar-refractivity contribution is 5.89. The van der Waals surface area contributed by atoms with E-state index in [1.807, 2.05) is 40.1 Å². The van der Waals surface area contributed by atoms with Gasteiger partial charge >= 0.3 is 0 Å². The molecule has 0 bridgehead atoms. The van der Waals surface area contributed by atoms with Crippen LogP contribution in [0.5, 0.6) is 0 Å². The average molecular weight is 370 g/mol. The first-order valence-electron chi connectivity index (χ1n) is 10.4. The van der Waals surface area contributed by atoms with Crippen molar-refractivity contribution < 1.29 is 14.3 Å². The predicted octanol–water partition coefficient (Wildman–Crippen LogP) is 2.99. The third-order valence-electron chi connectivity index (χ3n) is 6.49. The van der Waals surface area contributed by atoms with Crippen molar-refractivity contribution in [1.29, 1.82) is 0 Å². The van der Waals surface area contributed by atoms with Gasteiger partial charge in [-0.25, -0.2) is 0 Å². The molecule has 1 atom stereocenters. The van der Waals surface area contributed by atoms with Crippen LogP contribution in [0.3, 0.4) is 0 Å². The fourth-order valence-electron chi connectivity index (χ4n) is 4.85. The zero-order valence-corrected chi connectivity index (χ0v) is 16.2. The van der Waals surface area contributed by atoms with Gasteiger partial charge in [0.25, 0.3) is 0 Å². The van der Waals surface area contributed by atoms with Crippen LogP contribution in [-0.2, 0) is 20.7 Å². The number of benzene rings is 1. The van der Waals surface area contributed by atoms with Crippen molar-refractivity contribution >= 4 is 11.8 Å². The molecule has 0 radical (unpaired) electrons. The molecule has 3 aliphatic rings. The standard InChI is InChI=1S/C22H30N2O3/c1-17-9-11-22(12-10-17)24(20(25)15-18-7-3-2-4-8-18)19(16-27-22)21(26)23-13-5-6-14-23/h2-4,7-8,17,19H,5-6,9-16H2,1H3. The normalized spacial score (nSPS) is 30.9.